The van der Waals surface area contributed by atoms with Crippen molar-refractivity contribution >= 4 is 34.5 Å². The molecule has 1 aromatic heterocycles. The Bertz CT molecular complexity index is 795. The topological polar surface area (TPSA) is 61.4 Å². The summed E-state index contributed by atoms with van der Waals surface area (Å²) < 4.78 is 0. The van der Waals surface area contributed by atoms with E-state index in [2.05, 4.69) is 33.0 Å². The number of likely N-dealkylation sites (tertiary alicyclic amines) is 1. The number of piperidine rings is 1. The van der Waals surface area contributed by atoms with Crippen molar-refractivity contribution in [3.05, 3.63) is 46.2 Å². The second-order valence-corrected chi connectivity index (χ2v) is 8.18. The number of nitrogens with zero attached hydrogens (tertiary/aromatic N) is 1. The van der Waals surface area contributed by atoms with Crippen molar-refractivity contribution in [2.45, 2.75) is 25.7 Å². The predicted molar refractivity (Wildman–Crippen MR) is 105 cm³/mol. The van der Waals surface area contributed by atoms with E-state index in [4.69, 9.17) is 0 Å². The molecule has 1 aromatic carbocycles. The van der Waals surface area contributed by atoms with Crippen molar-refractivity contribution in [1.82, 2.24) is 4.90 Å². The van der Waals surface area contributed by atoms with E-state index < -0.39 is 0 Å². The molecule has 1 fully saturated rings. The SMILES string of the molecule is O=C(CN1CCC(Cc2cccs2)CC1)Nc1ccc2c(c1)CC(=O)N2. The third-order valence-corrected chi connectivity index (χ3v) is 6.06. The summed E-state index contributed by atoms with van der Waals surface area (Å²) in [5.74, 6) is 0.752. The minimum Gasteiger partial charge on any atom is -0.326 e. The fourth-order valence-corrected chi connectivity index (χ4v) is 4.59. The van der Waals surface area contributed by atoms with Crippen LogP contribution in [0.4, 0.5) is 11.4 Å². The van der Waals surface area contributed by atoms with E-state index in [9.17, 15) is 9.59 Å². The van der Waals surface area contributed by atoms with Crippen molar-refractivity contribution in [3.8, 4) is 0 Å². The molecule has 3 heterocycles. The van der Waals surface area contributed by atoms with Gasteiger partial charge in [-0.1, -0.05) is 6.07 Å². The first-order valence-corrected chi connectivity index (χ1v) is 10.0. The molecule has 0 atom stereocenters. The zero-order chi connectivity index (χ0) is 17.9. The number of anilines is 2. The molecule has 1 saturated heterocycles. The molecule has 0 saturated carbocycles. The van der Waals surface area contributed by atoms with Gasteiger partial charge >= 0.3 is 0 Å². The fraction of sp³-hybridized carbons (Fsp3) is 0.400. The standard InChI is InChI=1S/C20H23N3O2S/c24-19-12-15-11-16(3-4-18(15)22-19)21-20(25)13-23-7-5-14(6-8-23)10-17-2-1-9-26-17/h1-4,9,11,14H,5-8,10,12-13H2,(H,21,25)(H,22,24). The molecule has 0 spiro atoms. The highest BCUT2D eigenvalue weighted by Gasteiger charge is 2.22. The third-order valence-electron chi connectivity index (χ3n) is 5.16. The first kappa shape index (κ1) is 17.2. The number of thiophene rings is 1. The lowest BCUT2D eigenvalue weighted by Gasteiger charge is -2.31. The van der Waals surface area contributed by atoms with E-state index in [1.54, 1.807) is 0 Å². The van der Waals surface area contributed by atoms with Crippen LogP contribution in [0.1, 0.15) is 23.3 Å². The van der Waals surface area contributed by atoms with Gasteiger partial charge in [0, 0.05) is 16.3 Å². The molecule has 0 aliphatic carbocycles. The molecule has 26 heavy (non-hydrogen) atoms. The number of hydrogen-bond donors (Lipinski definition) is 2. The normalized spacial score (nSPS) is 17.8. The molecule has 4 rings (SSSR count). The lowest BCUT2D eigenvalue weighted by Crippen LogP contribution is -2.39. The minimum absolute atomic E-state index is 0.00824. The maximum atomic E-state index is 12.3. The molecule has 6 heteroatoms. The highest BCUT2D eigenvalue weighted by atomic mass is 32.1. The van der Waals surface area contributed by atoms with Gasteiger partial charge in [-0.2, -0.15) is 0 Å². The number of fused-ring (bicyclic) bond motifs is 1. The molecular formula is C20H23N3O2S. The first-order valence-electron chi connectivity index (χ1n) is 9.13. The van der Waals surface area contributed by atoms with Crippen LogP contribution < -0.4 is 10.6 Å². The number of carbonyl (C=O) groups excluding carboxylic acids is 2. The second kappa shape index (κ2) is 7.60. The van der Waals surface area contributed by atoms with Crippen LogP contribution in [0.2, 0.25) is 0 Å². The van der Waals surface area contributed by atoms with E-state index in [1.165, 1.54) is 11.3 Å². The van der Waals surface area contributed by atoms with E-state index in [1.807, 2.05) is 29.5 Å². The van der Waals surface area contributed by atoms with Crippen LogP contribution >= 0.6 is 11.3 Å². The summed E-state index contributed by atoms with van der Waals surface area (Å²) in [4.78, 5) is 27.5. The summed E-state index contributed by atoms with van der Waals surface area (Å²) in [6.45, 7) is 2.39. The summed E-state index contributed by atoms with van der Waals surface area (Å²) in [6.07, 6.45) is 3.85. The average Bonchev–Trinajstić information content (AvgIpc) is 3.24. The van der Waals surface area contributed by atoms with Crippen LogP contribution in [0.25, 0.3) is 0 Å². The maximum absolute atomic E-state index is 12.3. The third kappa shape index (κ3) is 4.14. The fourth-order valence-electron chi connectivity index (χ4n) is 3.77. The Labute approximate surface area is 157 Å². The molecule has 5 nitrogen and oxygen atoms in total. The van der Waals surface area contributed by atoms with Gasteiger partial charge in [-0.3, -0.25) is 14.5 Å². The summed E-state index contributed by atoms with van der Waals surface area (Å²) in [7, 11) is 0. The van der Waals surface area contributed by atoms with E-state index >= 15 is 0 Å². The summed E-state index contributed by atoms with van der Waals surface area (Å²) in [6, 6.07) is 9.91. The van der Waals surface area contributed by atoms with Gasteiger partial charge < -0.3 is 10.6 Å². The van der Waals surface area contributed by atoms with Crippen LogP contribution in [0.15, 0.2) is 35.7 Å². The van der Waals surface area contributed by atoms with E-state index in [0.29, 0.717) is 13.0 Å². The molecule has 2 aliphatic heterocycles. The van der Waals surface area contributed by atoms with E-state index in [-0.39, 0.29) is 11.8 Å². The summed E-state index contributed by atoms with van der Waals surface area (Å²) >= 11 is 1.83. The largest absolute Gasteiger partial charge is 0.326 e. The Balaban J connectivity index is 1.24. The molecule has 2 N–H and O–H groups in total. The molecule has 2 amide bonds. The van der Waals surface area contributed by atoms with Gasteiger partial charge in [-0.15, -0.1) is 11.3 Å². The first-order chi connectivity index (χ1) is 12.7. The molecule has 136 valence electrons. The van der Waals surface area contributed by atoms with Crippen LogP contribution in [0.5, 0.6) is 0 Å². The van der Waals surface area contributed by atoms with Gasteiger partial charge in [0.05, 0.1) is 13.0 Å². The predicted octanol–water partition coefficient (Wildman–Crippen LogP) is 3.14. The van der Waals surface area contributed by atoms with Crippen molar-refractivity contribution in [3.63, 3.8) is 0 Å². The Kier molecular flexibility index (Phi) is 5.04. The number of rotatable bonds is 5. The number of nitrogens with one attached hydrogen (secondary N) is 2. The van der Waals surface area contributed by atoms with Crippen molar-refractivity contribution in [1.29, 1.82) is 0 Å². The summed E-state index contributed by atoms with van der Waals surface area (Å²) in [5, 5.41) is 7.91. The van der Waals surface area contributed by atoms with Crippen molar-refractivity contribution in [2.75, 3.05) is 30.3 Å². The van der Waals surface area contributed by atoms with Crippen molar-refractivity contribution in [2.24, 2.45) is 5.92 Å². The Morgan fingerprint density at radius 2 is 2.12 bits per heavy atom. The number of amides is 2. The molecule has 2 aliphatic rings. The van der Waals surface area contributed by atoms with Gasteiger partial charge in [0.25, 0.3) is 0 Å². The zero-order valence-corrected chi connectivity index (χ0v) is 15.5. The molecule has 2 aromatic rings. The van der Waals surface area contributed by atoms with Crippen LogP contribution in [-0.4, -0.2) is 36.3 Å². The van der Waals surface area contributed by atoms with Gasteiger partial charge in [-0.25, -0.2) is 0 Å². The highest BCUT2D eigenvalue weighted by molar-refractivity contribution is 7.09. The lowest BCUT2D eigenvalue weighted by atomic mass is 9.93. The van der Waals surface area contributed by atoms with Crippen molar-refractivity contribution < 1.29 is 9.59 Å². The Morgan fingerprint density at radius 1 is 1.27 bits per heavy atom. The smallest absolute Gasteiger partial charge is 0.238 e. The van der Waals surface area contributed by atoms with Crippen LogP contribution in [0.3, 0.4) is 0 Å². The molecule has 0 radical (unpaired) electrons. The number of carbonyl (C=O) groups is 2. The van der Waals surface area contributed by atoms with Gasteiger partial charge in [0.15, 0.2) is 0 Å². The molecule has 0 unspecified atom stereocenters. The van der Waals surface area contributed by atoms with Crippen LogP contribution in [0, 0.1) is 5.92 Å². The average molecular weight is 369 g/mol. The lowest BCUT2D eigenvalue weighted by molar-refractivity contribution is -0.117. The van der Waals surface area contributed by atoms with E-state index in [0.717, 1.165) is 48.8 Å². The number of benzene rings is 1. The summed E-state index contributed by atoms with van der Waals surface area (Å²) in [5.41, 5.74) is 2.56. The van der Waals surface area contributed by atoms with Gasteiger partial charge in [0.1, 0.15) is 0 Å². The Morgan fingerprint density at radius 3 is 2.88 bits per heavy atom. The maximum Gasteiger partial charge on any atom is 0.238 e. The Hall–Kier alpha value is -2.18. The molecular weight excluding hydrogens is 346 g/mol. The van der Waals surface area contributed by atoms with Gasteiger partial charge in [-0.05, 0) is 73.5 Å². The van der Waals surface area contributed by atoms with Crippen LogP contribution in [-0.2, 0) is 22.4 Å². The number of hydrogen-bond acceptors (Lipinski definition) is 4. The quantitative estimate of drug-likeness (QED) is 0.851. The zero-order valence-electron chi connectivity index (χ0n) is 14.7. The monoisotopic (exact) mass is 369 g/mol. The minimum atomic E-state index is 0.00824. The van der Waals surface area contributed by atoms with Gasteiger partial charge in [0.2, 0.25) is 11.8 Å². The molecule has 0 bridgehead atoms. The highest BCUT2D eigenvalue weighted by Crippen LogP contribution is 2.26. The second-order valence-electron chi connectivity index (χ2n) is 7.15.